The summed E-state index contributed by atoms with van der Waals surface area (Å²) in [5.41, 5.74) is 0.485. The third kappa shape index (κ3) is 7.27. The maximum atomic E-state index is 12.6. The Kier molecular flexibility index (Phi) is 9.82. The number of carbonyl (C=O) groups excluding carboxylic acids is 4. The molecule has 13 heteroatoms. The summed E-state index contributed by atoms with van der Waals surface area (Å²) in [6.07, 6.45) is -7.58. The zero-order chi connectivity index (χ0) is 26.3. The highest BCUT2D eigenvalue weighted by molar-refractivity contribution is 5.90. The molecule has 0 bridgehead atoms. The summed E-state index contributed by atoms with van der Waals surface area (Å²) in [7, 11) is 0. The van der Waals surface area contributed by atoms with Crippen LogP contribution in [0.3, 0.4) is 0 Å². The van der Waals surface area contributed by atoms with Gasteiger partial charge in [-0.3, -0.25) is 14.4 Å². The largest absolute Gasteiger partial charge is 0.426 e. The molecule has 1 aliphatic rings. The number of rotatable bonds is 9. The summed E-state index contributed by atoms with van der Waals surface area (Å²) in [5.74, 6) is -6.47. The fourth-order valence-corrected chi connectivity index (χ4v) is 3.64. The molecular weight excluding hydrogens is 470 g/mol. The molecule has 1 unspecified atom stereocenters. The van der Waals surface area contributed by atoms with Crippen LogP contribution in [-0.4, -0.2) is 87.2 Å². The van der Waals surface area contributed by atoms with Crippen LogP contribution < -0.4 is 10.1 Å². The molecule has 0 aromatic heterocycles. The number of esters is 4. The van der Waals surface area contributed by atoms with E-state index < -0.39 is 73.1 Å². The van der Waals surface area contributed by atoms with Gasteiger partial charge in [0.15, 0.2) is 0 Å². The number of nitrogens with one attached hydrogen (secondary N) is 1. The van der Waals surface area contributed by atoms with Crippen LogP contribution in [0.15, 0.2) is 24.3 Å². The van der Waals surface area contributed by atoms with Crippen molar-refractivity contribution in [2.75, 3.05) is 6.61 Å². The number of hydrogen-bond acceptors (Lipinski definition) is 13. The SMILES string of the molecule is CC(=O)OC(=O)C1(OC(C)=O)C[C@H](O)[C@@H](NCc2ccccc2OC(C)=O)[C@H]([C@H](O)[C@H](O)CO)O1. The van der Waals surface area contributed by atoms with E-state index in [1.807, 2.05) is 0 Å². The van der Waals surface area contributed by atoms with Crippen LogP contribution in [0.1, 0.15) is 32.8 Å². The van der Waals surface area contributed by atoms with Gasteiger partial charge in [0.1, 0.15) is 24.1 Å². The Balaban J connectivity index is 2.39. The van der Waals surface area contributed by atoms with E-state index in [0.717, 1.165) is 13.8 Å². The summed E-state index contributed by atoms with van der Waals surface area (Å²) in [6.45, 7) is 2.15. The first-order chi connectivity index (χ1) is 16.4. The van der Waals surface area contributed by atoms with E-state index in [4.69, 9.17) is 14.2 Å². The van der Waals surface area contributed by atoms with Gasteiger partial charge in [0.05, 0.1) is 25.2 Å². The molecule has 0 saturated carbocycles. The third-order valence-electron chi connectivity index (χ3n) is 5.10. The maximum absolute atomic E-state index is 12.6. The van der Waals surface area contributed by atoms with Crippen molar-refractivity contribution in [1.82, 2.24) is 5.32 Å². The van der Waals surface area contributed by atoms with Crippen molar-refractivity contribution in [1.29, 1.82) is 0 Å². The van der Waals surface area contributed by atoms with Crippen LogP contribution in [0.5, 0.6) is 5.75 Å². The van der Waals surface area contributed by atoms with Gasteiger partial charge in [0.2, 0.25) is 0 Å². The van der Waals surface area contributed by atoms with E-state index in [1.165, 1.54) is 13.0 Å². The first-order valence-corrected chi connectivity index (χ1v) is 10.6. The average Bonchev–Trinajstić information content (AvgIpc) is 2.76. The predicted octanol–water partition coefficient (Wildman–Crippen LogP) is -1.72. The highest BCUT2D eigenvalue weighted by Crippen LogP contribution is 2.35. The van der Waals surface area contributed by atoms with Crippen molar-refractivity contribution in [3.63, 3.8) is 0 Å². The van der Waals surface area contributed by atoms with E-state index in [1.54, 1.807) is 18.2 Å². The number of aliphatic hydroxyl groups excluding tert-OH is 4. The van der Waals surface area contributed by atoms with Crippen LogP contribution in [0, 0.1) is 0 Å². The zero-order valence-electron chi connectivity index (χ0n) is 19.4. The number of aliphatic hydroxyl groups is 4. The van der Waals surface area contributed by atoms with Crippen molar-refractivity contribution in [2.45, 2.75) is 70.0 Å². The van der Waals surface area contributed by atoms with Gasteiger partial charge >= 0.3 is 29.7 Å². The smallest absolute Gasteiger partial charge is 0.387 e. The Labute approximate surface area is 200 Å². The second-order valence-corrected chi connectivity index (χ2v) is 7.93. The van der Waals surface area contributed by atoms with Crippen LogP contribution in [0.25, 0.3) is 0 Å². The van der Waals surface area contributed by atoms with Crippen LogP contribution >= 0.6 is 0 Å². The fraction of sp³-hybridized carbons (Fsp3) is 0.545. The predicted molar refractivity (Wildman–Crippen MR) is 114 cm³/mol. The third-order valence-corrected chi connectivity index (χ3v) is 5.10. The molecule has 1 saturated heterocycles. The lowest BCUT2D eigenvalue weighted by molar-refractivity contribution is -0.301. The highest BCUT2D eigenvalue weighted by Gasteiger charge is 2.57. The standard InChI is InChI=1S/C22H29NO12/c1-11(25)32-17-7-5-4-6-14(17)9-23-18-15(28)8-22(34-13(3)27,21(31)33-12(2)26)35-20(18)19(30)16(29)10-24/h4-7,15-16,18-20,23-24,28-30H,8-10H2,1-3H3/t15-,16+,18+,19+,20+,22?/m0/s1. The van der Waals surface area contributed by atoms with E-state index in [2.05, 4.69) is 10.1 Å². The first-order valence-electron chi connectivity index (χ1n) is 10.6. The Morgan fingerprint density at radius 1 is 1.11 bits per heavy atom. The van der Waals surface area contributed by atoms with E-state index in [0.29, 0.717) is 5.56 Å². The molecular formula is C22H29NO12. The quantitative estimate of drug-likeness (QED) is 0.146. The van der Waals surface area contributed by atoms with E-state index in [-0.39, 0.29) is 12.3 Å². The Morgan fingerprint density at radius 2 is 1.77 bits per heavy atom. The lowest BCUT2D eigenvalue weighted by atomic mass is 9.88. The van der Waals surface area contributed by atoms with Gasteiger partial charge in [-0.15, -0.1) is 0 Å². The van der Waals surface area contributed by atoms with Gasteiger partial charge in [-0.1, -0.05) is 18.2 Å². The van der Waals surface area contributed by atoms with Crippen LogP contribution in [-0.2, 0) is 39.9 Å². The van der Waals surface area contributed by atoms with Gasteiger partial charge < -0.3 is 44.7 Å². The molecule has 1 fully saturated rings. The summed E-state index contributed by atoms with van der Waals surface area (Å²) in [5, 5.41) is 43.7. The number of ether oxygens (including phenoxy) is 4. The molecule has 6 atom stereocenters. The summed E-state index contributed by atoms with van der Waals surface area (Å²) in [4.78, 5) is 47.1. The van der Waals surface area contributed by atoms with Gasteiger partial charge in [0, 0.05) is 32.9 Å². The van der Waals surface area contributed by atoms with Crippen molar-refractivity contribution in [3.8, 4) is 5.75 Å². The number of carbonyl (C=O) groups is 4. The van der Waals surface area contributed by atoms with Crippen molar-refractivity contribution in [3.05, 3.63) is 29.8 Å². The van der Waals surface area contributed by atoms with Crippen molar-refractivity contribution >= 4 is 23.9 Å². The van der Waals surface area contributed by atoms with Crippen molar-refractivity contribution in [2.24, 2.45) is 0 Å². The number of hydrogen-bond donors (Lipinski definition) is 5. The molecule has 194 valence electrons. The first kappa shape index (κ1) is 28.3. The number of para-hydroxylation sites is 1. The van der Waals surface area contributed by atoms with E-state index in [9.17, 15) is 39.6 Å². The number of benzene rings is 1. The molecule has 35 heavy (non-hydrogen) atoms. The van der Waals surface area contributed by atoms with Gasteiger partial charge in [-0.2, -0.15) is 0 Å². The Bertz CT molecular complexity index is 937. The minimum atomic E-state index is -2.62. The lowest BCUT2D eigenvalue weighted by Gasteiger charge is -2.46. The minimum absolute atomic E-state index is 0.0363. The summed E-state index contributed by atoms with van der Waals surface area (Å²) in [6, 6.07) is 5.27. The molecule has 1 aromatic carbocycles. The molecule has 0 amide bonds. The average molecular weight is 499 g/mol. The zero-order valence-corrected chi connectivity index (χ0v) is 19.4. The Hall–Kier alpha value is -2.94. The van der Waals surface area contributed by atoms with Gasteiger partial charge in [-0.05, 0) is 6.07 Å². The topological polar surface area (TPSA) is 198 Å². The molecule has 1 heterocycles. The fourth-order valence-electron chi connectivity index (χ4n) is 3.64. The molecule has 5 N–H and O–H groups in total. The van der Waals surface area contributed by atoms with E-state index >= 15 is 0 Å². The Morgan fingerprint density at radius 3 is 2.34 bits per heavy atom. The lowest BCUT2D eigenvalue weighted by Crippen LogP contribution is -2.67. The second-order valence-electron chi connectivity index (χ2n) is 7.93. The minimum Gasteiger partial charge on any atom is -0.426 e. The molecule has 2 rings (SSSR count). The molecule has 13 nitrogen and oxygen atoms in total. The molecule has 0 spiro atoms. The highest BCUT2D eigenvalue weighted by atomic mass is 16.8. The molecule has 1 aliphatic heterocycles. The summed E-state index contributed by atoms with van der Waals surface area (Å²) < 4.78 is 20.3. The second kappa shape index (κ2) is 12.2. The monoisotopic (exact) mass is 499 g/mol. The van der Waals surface area contributed by atoms with Gasteiger partial charge in [-0.25, -0.2) is 4.79 Å². The van der Waals surface area contributed by atoms with Crippen molar-refractivity contribution < 1.29 is 58.6 Å². The molecule has 0 radical (unpaired) electrons. The molecule has 1 aromatic rings. The van der Waals surface area contributed by atoms with Crippen LogP contribution in [0.4, 0.5) is 0 Å². The maximum Gasteiger partial charge on any atom is 0.387 e. The van der Waals surface area contributed by atoms with Crippen LogP contribution in [0.2, 0.25) is 0 Å². The summed E-state index contributed by atoms with van der Waals surface area (Å²) >= 11 is 0. The van der Waals surface area contributed by atoms with Gasteiger partial charge in [0.25, 0.3) is 0 Å². The normalized spacial score (nSPS) is 25.7. The molecule has 0 aliphatic carbocycles.